The van der Waals surface area contributed by atoms with E-state index < -0.39 is 0 Å². The molecule has 0 radical (unpaired) electrons. The van der Waals surface area contributed by atoms with Crippen LogP contribution < -0.4 is 5.32 Å². The Kier molecular flexibility index (Phi) is 4.15. The lowest BCUT2D eigenvalue weighted by molar-refractivity contribution is 0.792. The third-order valence-corrected chi connectivity index (χ3v) is 4.04. The van der Waals surface area contributed by atoms with Gasteiger partial charge in [0.25, 0.3) is 0 Å². The van der Waals surface area contributed by atoms with Crippen molar-refractivity contribution >= 4 is 34.2 Å². The zero-order valence-electron chi connectivity index (χ0n) is 11.6. The maximum atomic E-state index is 6.26. The molecule has 1 N–H and O–H groups in total. The molecule has 0 bridgehead atoms. The minimum Gasteiger partial charge on any atom is -0.328 e. The minimum atomic E-state index is 0.649. The van der Waals surface area contributed by atoms with Gasteiger partial charge in [-0.1, -0.05) is 23.2 Å². The van der Waals surface area contributed by atoms with E-state index in [-0.39, 0.29) is 0 Å². The fourth-order valence-electron chi connectivity index (χ4n) is 2.50. The van der Waals surface area contributed by atoms with Crippen LogP contribution in [0.1, 0.15) is 11.1 Å². The molecule has 0 amide bonds. The Balaban J connectivity index is 2.06. The molecule has 5 heteroatoms. The number of aromatic nitrogens is 2. The molecule has 0 unspecified atom stereocenters. The zero-order chi connectivity index (χ0) is 14.8. The molecule has 21 heavy (non-hydrogen) atoms. The lowest BCUT2D eigenvalue weighted by atomic mass is 10.2. The van der Waals surface area contributed by atoms with Gasteiger partial charge in [0.15, 0.2) is 0 Å². The van der Waals surface area contributed by atoms with Gasteiger partial charge in [0.2, 0.25) is 0 Å². The van der Waals surface area contributed by atoms with Crippen LogP contribution in [0.2, 0.25) is 10.0 Å². The monoisotopic (exact) mass is 319 g/mol. The summed E-state index contributed by atoms with van der Waals surface area (Å²) < 4.78 is 2.11. The van der Waals surface area contributed by atoms with Gasteiger partial charge in [-0.05, 0) is 48.5 Å². The van der Waals surface area contributed by atoms with E-state index in [9.17, 15) is 0 Å². The molecule has 3 aromatic rings. The molecule has 2 heterocycles. The molecule has 0 aliphatic heterocycles. The summed E-state index contributed by atoms with van der Waals surface area (Å²) in [6, 6.07) is 9.57. The van der Waals surface area contributed by atoms with Crippen LogP contribution in [-0.2, 0) is 13.1 Å². The van der Waals surface area contributed by atoms with Crippen molar-refractivity contribution in [1.29, 1.82) is 0 Å². The molecule has 108 valence electrons. The first-order valence-electron chi connectivity index (χ1n) is 6.70. The summed E-state index contributed by atoms with van der Waals surface area (Å²) in [4.78, 5) is 4.49. The summed E-state index contributed by atoms with van der Waals surface area (Å²) in [5.74, 6) is 0. The van der Waals surface area contributed by atoms with Gasteiger partial charge in [0, 0.05) is 34.4 Å². The highest BCUT2D eigenvalue weighted by molar-refractivity contribution is 6.33. The summed E-state index contributed by atoms with van der Waals surface area (Å²) in [6.07, 6.45) is 3.92. The molecule has 0 spiro atoms. The molecule has 0 saturated heterocycles. The fourth-order valence-corrected chi connectivity index (χ4v) is 2.87. The second kappa shape index (κ2) is 6.06. The number of benzene rings is 1. The number of hydrogen-bond donors (Lipinski definition) is 1. The van der Waals surface area contributed by atoms with E-state index >= 15 is 0 Å². The van der Waals surface area contributed by atoms with Crippen LogP contribution in [0, 0.1) is 0 Å². The maximum Gasteiger partial charge on any atom is 0.140 e. The van der Waals surface area contributed by atoms with E-state index in [1.54, 1.807) is 6.07 Å². The first kappa shape index (κ1) is 14.4. The summed E-state index contributed by atoms with van der Waals surface area (Å²) >= 11 is 12.3. The number of nitrogens with one attached hydrogen (secondary N) is 1. The Bertz CT molecular complexity index is 780. The molecular formula is C16H15Cl2N3. The first-order valence-corrected chi connectivity index (χ1v) is 7.46. The summed E-state index contributed by atoms with van der Waals surface area (Å²) in [5.41, 5.74) is 3.17. The average Bonchev–Trinajstić information content (AvgIpc) is 2.82. The average molecular weight is 320 g/mol. The molecule has 2 aromatic heterocycles. The predicted molar refractivity (Wildman–Crippen MR) is 88.1 cm³/mol. The van der Waals surface area contributed by atoms with E-state index in [0.717, 1.165) is 23.1 Å². The van der Waals surface area contributed by atoms with E-state index in [1.165, 1.54) is 5.56 Å². The molecule has 0 fully saturated rings. The van der Waals surface area contributed by atoms with Gasteiger partial charge < -0.3 is 9.88 Å². The summed E-state index contributed by atoms with van der Waals surface area (Å²) in [7, 11) is 1.94. The van der Waals surface area contributed by atoms with Crippen molar-refractivity contribution in [3.8, 4) is 0 Å². The quantitative estimate of drug-likeness (QED) is 0.784. The smallest absolute Gasteiger partial charge is 0.140 e. The zero-order valence-corrected chi connectivity index (χ0v) is 13.1. The van der Waals surface area contributed by atoms with Crippen LogP contribution >= 0.6 is 23.2 Å². The maximum absolute atomic E-state index is 6.26. The van der Waals surface area contributed by atoms with Gasteiger partial charge in [-0.2, -0.15) is 0 Å². The van der Waals surface area contributed by atoms with Crippen molar-refractivity contribution in [2.45, 2.75) is 13.1 Å². The van der Waals surface area contributed by atoms with E-state index in [2.05, 4.69) is 27.1 Å². The van der Waals surface area contributed by atoms with Crippen molar-refractivity contribution in [2.24, 2.45) is 0 Å². The Labute approximate surface area is 133 Å². The van der Waals surface area contributed by atoms with Crippen molar-refractivity contribution in [3.63, 3.8) is 0 Å². The molecule has 1 aromatic carbocycles. The lowest BCUT2D eigenvalue weighted by Gasteiger charge is -2.07. The van der Waals surface area contributed by atoms with Crippen molar-refractivity contribution in [2.75, 3.05) is 7.05 Å². The second-order valence-electron chi connectivity index (χ2n) is 4.92. The third-order valence-electron chi connectivity index (χ3n) is 3.43. The van der Waals surface area contributed by atoms with Gasteiger partial charge in [-0.3, -0.25) is 0 Å². The van der Waals surface area contributed by atoms with E-state index in [4.69, 9.17) is 23.2 Å². The highest BCUT2D eigenvalue weighted by atomic mass is 35.5. The van der Waals surface area contributed by atoms with Crippen LogP contribution in [-0.4, -0.2) is 16.6 Å². The topological polar surface area (TPSA) is 29.9 Å². The van der Waals surface area contributed by atoms with Crippen LogP contribution in [0.4, 0.5) is 0 Å². The van der Waals surface area contributed by atoms with Gasteiger partial charge in [-0.25, -0.2) is 4.98 Å². The second-order valence-corrected chi connectivity index (χ2v) is 5.77. The van der Waals surface area contributed by atoms with Gasteiger partial charge in [0.1, 0.15) is 5.65 Å². The number of nitrogens with zero attached hydrogens (tertiary/aromatic N) is 2. The number of hydrogen-bond acceptors (Lipinski definition) is 2. The van der Waals surface area contributed by atoms with Gasteiger partial charge in [-0.15, -0.1) is 0 Å². The number of pyridine rings is 1. The number of halogens is 2. The van der Waals surface area contributed by atoms with Crippen molar-refractivity contribution in [3.05, 3.63) is 63.9 Å². The van der Waals surface area contributed by atoms with Crippen LogP contribution in [0.3, 0.4) is 0 Å². The van der Waals surface area contributed by atoms with E-state index in [0.29, 0.717) is 16.6 Å². The molecule has 0 aliphatic rings. The molecule has 0 atom stereocenters. The Hall–Kier alpha value is -1.55. The van der Waals surface area contributed by atoms with Crippen LogP contribution in [0.15, 0.2) is 42.7 Å². The SMILES string of the molecule is CNCc1cn(Cc2cc(Cl)ccc2Cl)c2ncccc12. The number of rotatable bonds is 4. The van der Waals surface area contributed by atoms with Crippen LogP contribution in [0.25, 0.3) is 11.0 Å². The largest absolute Gasteiger partial charge is 0.328 e. The normalized spacial score (nSPS) is 11.2. The van der Waals surface area contributed by atoms with Gasteiger partial charge in [0.05, 0.1) is 6.54 Å². The standard InChI is InChI=1S/C16H15Cl2N3/c1-19-8-12-10-21(16-14(12)3-2-6-20-16)9-11-7-13(17)4-5-15(11)18/h2-7,10,19H,8-9H2,1H3. The van der Waals surface area contributed by atoms with Crippen LogP contribution in [0.5, 0.6) is 0 Å². The Morgan fingerprint density at radius 1 is 1.19 bits per heavy atom. The Morgan fingerprint density at radius 2 is 2.05 bits per heavy atom. The summed E-state index contributed by atoms with van der Waals surface area (Å²) in [5, 5.41) is 5.75. The molecule has 3 rings (SSSR count). The number of fused-ring (bicyclic) bond motifs is 1. The molecule has 0 aliphatic carbocycles. The Morgan fingerprint density at radius 3 is 2.86 bits per heavy atom. The first-order chi connectivity index (χ1) is 10.2. The van der Waals surface area contributed by atoms with Gasteiger partial charge >= 0.3 is 0 Å². The highest BCUT2D eigenvalue weighted by Crippen LogP contribution is 2.25. The fraction of sp³-hybridized carbons (Fsp3) is 0.188. The highest BCUT2D eigenvalue weighted by Gasteiger charge is 2.10. The predicted octanol–water partition coefficient (Wildman–Crippen LogP) is 4.11. The van der Waals surface area contributed by atoms with E-state index in [1.807, 2.05) is 31.4 Å². The van der Waals surface area contributed by atoms with Crippen molar-refractivity contribution < 1.29 is 0 Å². The lowest BCUT2D eigenvalue weighted by Crippen LogP contribution is -2.04. The minimum absolute atomic E-state index is 0.649. The molecule has 0 saturated carbocycles. The molecule has 3 nitrogen and oxygen atoms in total. The summed E-state index contributed by atoms with van der Waals surface area (Å²) in [6.45, 7) is 1.45. The van der Waals surface area contributed by atoms with Crippen molar-refractivity contribution in [1.82, 2.24) is 14.9 Å². The molecular weight excluding hydrogens is 305 g/mol. The third kappa shape index (κ3) is 2.91.